The van der Waals surface area contributed by atoms with Crippen molar-refractivity contribution in [2.75, 3.05) is 13.1 Å². The van der Waals surface area contributed by atoms with E-state index >= 15 is 0 Å². The number of likely N-dealkylation sites (tertiary alicyclic amines) is 1. The molecule has 2 N–H and O–H groups in total. The highest BCUT2D eigenvalue weighted by molar-refractivity contribution is 5.76. The van der Waals surface area contributed by atoms with Gasteiger partial charge in [-0.3, -0.25) is 4.79 Å². The largest absolute Gasteiger partial charge is 0.481 e. The lowest BCUT2D eigenvalue weighted by atomic mass is 9.97. The molecule has 22 heavy (non-hydrogen) atoms. The summed E-state index contributed by atoms with van der Waals surface area (Å²) in [7, 11) is 0. The zero-order chi connectivity index (χ0) is 15.7. The average molecular weight is 306 g/mol. The summed E-state index contributed by atoms with van der Waals surface area (Å²) in [6.45, 7) is 0.945. The topological polar surface area (TPSA) is 69.6 Å². The standard InChI is InChI=1S/C16H19FN2O3/c17-12-3-1-2-11(8-12)13-9-14(13)18-16(22)19-6-4-10(5-7-19)15(20)21/h1-3,8,10,13-14H,4-7,9H2,(H,18,22)(H,20,21). The molecule has 0 aromatic heterocycles. The molecule has 2 fully saturated rings. The predicted molar refractivity (Wildman–Crippen MR) is 78.0 cm³/mol. The van der Waals surface area contributed by atoms with E-state index in [1.807, 2.05) is 6.07 Å². The number of aliphatic carboxylic acids is 1. The van der Waals surface area contributed by atoms with Crippen molar-refractivity contribution in [1.29, 1.82) is 0 Å². The van der Waals surface area contributed by atoms with Gasteiger partial charge in [0.1, 0.15) is 5.82 Å². The molecule has 1 saturated heterocycles. The predicted octanol–water partition coefficient (Wildman–Crippen LogP) is 2.19. The molecule has 2 aliphatic rings. The van der Waals surface area contributed by atoms with Gasteiger partial charge in [-0.2, -0.15) is 0 Å². The molecule has 0 spiro atoms. The van der Waals surface area contributed by atoms with Gasteiger partial charge in [0.15, 0.2) is 0 Å². The van der Waals surface area contributed by atoms with Crippen LogP contribution in [0, 0.1) is 11.7 Å². The van der Waals surface area contributed by atoms with Gasteiger partial charge in [0.05, 0.1) is 5.92 Å². The zero-order valence-electron chi connectivity index (χ0n) is 12.2. The quantitative estimate of drug-likeness (QED) is 0.899. The molecule has 1 aromatic rings. The highest BCUT2D eigenvalue weighted by atomic mass is 19.1. The Morgan fingerprint density at radius 1 is 1.27 bits per heavy atom. The van der Waals surface area contributed by atoms with Crippen LogP contribution >= 0.6 is 0 Å². The lowest BCUT2D eigenvalue weighted by molar-refractivity contribution is -0.143. The van der Waals surface area contributed by atoms with Gasteiger partial charge in [0.25, 0.3) is 0 Å². The maximum absolute atomic E-state index is 13.2. The van der Waals surface area contributed by atoms with Crippen molar-refractivity contribution in [2.45, 2.75) is 31.2 Å². The minimum absolute atomic E-state index is 0.0477. The Hall–Kier alpha value is -2.11. The highest BCUT2D eigenvalue weighted by Crippen LogP contribution is 2.41. The van der Waals surface area contributed by atoms with E-state index in [0.717, 1.165) is 12.0 Å². The number of halogens is 1. The molecule has 118 valence electrons. The minimum atomic E-state index is -0.784. The maximum atomic E-state index is 13.2. The molecular weight excluding hydrogens is 287 g/mol. The Morgan fingerprint density at radius 3 is 2.64 bits per heavy atom. The normalized spacial score (nSPS) is 24.9. The second kappa shape index (κ2) is 5.94. The van der Waals surface area contributed by atoms with E-state index in [2.05, 4.69) is 5.32 Å². The Balaban J connectivity index is 1.49. The Labute approximate surface area is 128 Å². The maximum Gasteiger partial charge on any atom is 0.317 e. The first-order valence-electron chi connectivity index (χ1n) is 7.58. The van der Waals surface area contributed by atoms with Crippen LogP contribution in [0.15, 0.2) is 24.3 Å². The molecule has 2 amide bonds. The monoisotopic (exact) mass is 306 g/mol. The van der Waals surface area contributed by atoms with E-state index in [-0.39, 0.29) is 29.7 Å². The van der Waals surface area contributed by atoms with Crippen molar-refractivity contribution in [1.82, 2.24) is 10.2 Å². The van der Waals surface area contributed by atoms with Crippen molar-refractivity contribution < 1.29 is 19.1 Å². The molecule has 1 saturated carbocycles. The van der Waals surface area contributed by atoms with Gasteiger partial charge in [-0.25, -0.2) is 9.18 Å². The number of urea groups is 1. The van der Waals surface area contributed by atoms with Crippen LogP contribution in [0.3, 0.4) is 0 Å². The molecule has 2 atom stereocenters. The molecule has 5 nitrogen and oxygen atoms in total. The van der Waals surface area contributed by atoms with Gasteiger partial charge in [-0.05, 0) is 37.0 Å². The van der Waals surface area contributed by atoms with Crippen molar-refractivity contribution >= 4 is 12.0 Å². The molecule has 0 bridgehead atoms. The number of piperidine rings is 1. The van der Waals surface area contributed by atoms with Crippen LogP contribution in [0.5, 0.6) is 0 Å². The van der Waals surface area contributed by atoms with Gasteiger partial charge in [0.2, 0.25) is 0 Å². The SMILES string of the molecule is O=C(O)C1CCN(C(=O)NC2CC2c2cccc(F)c2)CC1. The van der Waals surface area contributed by atoms with Crippen LogP contribution in [0.2, 0.25) is 0 Å². The number of hydrogen-bond donors (Lipinski definition) is 2. The van der Waals surface area contributed by atoms with E-state index < -0.39 is 5.97 Å². The number of nitrogens with zero attached hydrogens (tertiary/aromatic N) is 1. The van der Waals surface area contributed by atoms with Crippen LogP contribution in [0.25, 0.3) is 0 Å². The Morgan fingerprint density at radius 2 is 2.00 bits per heavy atom. The third-order valence-corrected chi connectivity index (χ3v) is 4.51. The summed E-state index contributed by atoms with van der Waals surface area (Å²) in [6.07, 6.45) is 1.82. The van der Waals surface area contributed by atoms with Crippen LogP contribution in [0.1, 0.15) is 30.7 Å². The van der Waals surface area contributed by atoms with E-state index in [4.69, 9.17) is 5.11 Å². The molecule has 1 aromatic carbocycles. The fraction of sp³-hybridized carbons (Fsp3) is 0.500. The summed E-state index contributed by atoms with van der Waals surface area (Å²) in [6, 6.07) is 6.37. The molecule has 2 unspecified atom stereocenters. The molecule has 1 heterocycles. The molecule has 0 radical (unpaired) electrons. The molecule has 6 heteroatoms. The van der Waals surface area contributed by atoms with Crippen molar-refractivity contribution in [2.24, 2.45) is 5.92 Å². The third kappa shape index (κ3) is 3.21. The lowest BCUT2D eigenvalue weighted by Crippen LogP contribution is -2.46. The van der Waals surface area contributed by atoms with Crippen molar-refractivity contribution in [3.05, 3.63) is 35.6 Å². The van der Waals surface area contributed by atoms with Gasteiger partial charge < -0.3 is 15.3 Å². The minimum Gasteiger partial charge on any atom is -0.481 e. The Kier molecular flexibility index (Phi) is 4.00. The number of nitrogens with one attached hydrogen (secondary N) is 1. The van der Waals surface area contributed by atoms with Crippen LogP contribution in [0.4, 0.5) is 9.18 Å². The van der Waals surface area contributed by atoms with Gasteiger partial charge >= 0.3 is 12.0 Å². The second-order valence-electron chi connectivity index (χ2n) is 6.05. The number of hydrogen-bond acceptors (Lipinski definition) is 2. The number of amides is 2. The number of carboxylic acids is 1. The highest BCUT2D eigenvalue weighted by Gasteiger charge is 2.40. The van der Waals surface area contributed by atoms with Gasteiger partial charge in [0, 0.05) is 25.0 Å². The number of rotatable bonds is 3. The number of carboxylic acid groups (broad SMARTS) is 1. The van der Waals surface area contributed by atoms with Crippen molar-refractivity contribution in [3.8, 4) is 0 Å². The summed E-state index contributed by atoms with van der Waals surface area (Å²) < 4.78 is 13.2. The van der Waals surface area contributed by atoms with Crippen LogP contribution < -0.4 is 5.32 Å². The summed E-state index contributed by atoms with van der Waals surface area (Å²) in [5.74, 6) is -1.21. The van der Waals surface area contributed by atoms with Crippen molar-refractivity contribution in [3.63, 3.8) is 0 Å². The van der Waals surface area contributed by atoms with Crippen LogP contribution in [-0.4, -0.2) is 41.1 Å². The van der Waals surface area contributed by atoms with E-state index in [0.29, 0.717) is 25.9 Å². The summed E-state index contributed by atoms with van der Waals surface area (Å²) in [5.41, 5.74) is 0.912. The summed E-state index contributed by atoms with van der Waals surface area (Å²) in [5, 5.41) is 11.9. The van der Waals surface area contributed by atoms with E-state index in [1.165, 1.54) is 12.1 Å². The first-order chi connectivity index (χ1) is 10.5. The zero-order valence-corrected chi connectivity index (χ0v) is 12.2. The number of benzene rings is 1. The fourth-order valence-electron chi connectivity index (χ4n) is 3.04. The Bertz CT molecular complexity index is 585. The lowest BCUT2D eigenvalue weighted by Gasteiger charge is -2.30. The third-order valence-electron chi connectivity index (χ3n) is 4.51. The summed E-state index contributed by atoms with van der Waals surface area (Å²) >= 11 is 0. The summed E-state index contributed by atoms with van der Waals surface area (Å²) in [4.78, 5) is 24.7. The fourth-order valence-corrected chi connectivity index (χ4v) is 3.04. The first kappa shape index (κ1) is 14.8. The van der Waals surface area contributed by atoms with Gasteiger partial charge in [-0.1, -0.05) is 12.1 Å². The molecule has 1 aliphatic heterocycles. The number of carbonyl (C=O) groups excluding carboxylic acids is 1. The van der Waals surface area contributed by atoms with Gasteiger partial charge in [-0.15, -0.1) is 0 Å². The smallest absolute Gasteiger partial charge is 0.317 e. The average Bonchev–Trinajstić information content (AvgIpc) is 3.26. The van der Waals surface area contributed by atoms with Crippen LogP contribution in [-0.2, 0) is 4.79 Å². The van der Waals surface area contributed by atoms with E-state index in [9.17, 15) is 14.0 Å². The van der Waals surface area contributed by atoms with E-state index in [1.54, 1.807) is 11.0 Å². The molecular formula is C16H19FN2O3. The number of carbonyl (C=O) groups is 2. The first-order valence-corrected chi connectivity index (χ1v) is 7.58. The molecule has 1 aliphatic carbocycles. The second-order valence-corrected chi connectivity index (χ2v) is 6.05. The molecule has 3 rings (SSSR count).